The first-order valence-electron chi connectivity index (χ1n) is 4.55. The molecule has 0 bridgehead atoms. The number of nitrogens with zero attached hydrogens (tertiary/aromatic N) is 2. The highest BCUT2D eigenvalue weighted by molar-refractivity contribution is 5.78. The van der Waals surface area contributed by atoms with Crippen LogP contribution in [0, 0.1) is 6.92 Å². The zero-order chi connectivity index (χ0) is 10.4. The van der Waals surface area contributed by atoms with Gasteiger partial charge >= 0.3 is 0 Å². The van der Waals surface area contributed by atoms with Crippen molar-refractivity contribution in [2.45, 2.75) is 20.3 Å². The molecule has 0 aliphatic rings. The number of nitrogens with one attached hydrogen (secondary N) is 2. The van der Waals surface area contributed by atoms with E-state index in [0.717, 1.165) is 13.0 Å². The first-order valence-corrected chi connectivity index (χ1v) is 4.55. The first-order chi connectivity index (χ1) is 6.77. The Morgan fingerprint density at radius 3 is 3.00 bits per heavy atom. The van der Waals surface area contributed by atoms with Crippen LogP contribution in [0.25, 0.3) is 0 Å². The van der Waals surface area contributed by atoms with Crippen LogP contribution in [0.2, 0.25) is 0 Å². The van der Waals surface area contributed by atoms with E-state index < -0.39 is 0 Å². The Balaban J connectivity index is 2.84. The molecule has 0 atom stereocenters. The second-order valence-electron chi connectivity index (χ2n) is 2.87. The number of hydrogen-bond donors (Lipinski definition) is 2. The smallest absolute Gasteiger partial charge is 0.211 e. The third kappa shape index (κ3) is 2.69. The lowest BCUT2D eigenvalue weighted by molar-refractivity contribution is -0.105. The maximum Gasteiger partial charge on any atom is 0.211 e. The van der Waals surface area contributed by atoms with Gasteiger partial charge in [0, 0.05) is 6.54 Å². The van der Waals surface area contributed by atoms with Crippen LogP contribution >= 0.6 is 0 Å². The molecule has 5 nitrogen and oxygen atoms in total. The summed E-state index contributed by atoms with van der Waals surface area (Å²) in [5, 5.41) is 5.66. The number of anilines is 2. The van der Waals surface area contributed by atoms with Crippen molar-refractivity contribution in [3.05, 3.63) is 12.0 Å². The van der Waals surface area contributed by atoms with Crippen molar-refractivity contribution in [3.8, 4) is 0 Å². The van der Waals surface area contributed by atoms with Gasteiger partial charge in [0.1, 0.15) is 11.5 Å². The van der Waals surface area contributed by atoms with Crippen molar-refractivity contribution >= 4 is 17.9 Å². The molecule has 0 aromatic carbocycles. The Bertz CT molecular complexity index is 314. The van der Waals surface area contributed by atoms with Crippen molar-refractivity contribution < 1.29 is 4.79 Å². The summed E-state index contributed by atoms with van der Waals surface area (Å²) in [5.74, 6) is 1.35. The van der Waals surface area contributed by atoms with Crippen LogP contribution in [-0.2, 0) is 4.79 Å². The fourth-order valence-corrected chi connectivity index (χ4v) is 1.02. The molecule has 0 saturated heterocycles. The Hall–Kier alpha value is -1.65. The van der Waals surface area contributed by atoms with Gasteiger partial charge in [0.25, 0.3) is 0 Å². The largest absolute Gasteiger partial charge is 0.368 e. The van der Waals surface area contributed by atoms with Crippen molar-refractivity contribution in [3.63, 3.8) is 0 Å². The van der Waals surface area contributed by atoms with E-state index in [1.54, 1.807) is 6.20 Å². The van der Waals surface area contributed by atoms with Gasteiger partial charge < -0.3 is 10.6 Å². The summed E-state index contributed by atoms with van der Waals surface area (Å²) in [6.07, 6.45) is 3.21. The normalized spacial score (nSPS) is 9.57. The molecule has 0 saturated carbocycles. The minimum atomic E-state index is 0.610. The zero-order valence-corrected chi connectivity index (χ0v) is 8.37. The predicted molar refractivity (Wildman–Crippen MR) is 55.2 cm³/mol. The minimum absolute atomic E-state index is 0.610. The van der Waals surface area contributed by atoms with Crippen molar-refractivity contribution in [1.82, 2.24) is 9.97 Å². The van der Waals surface area contributed by atoms with Crippen LogP contribution in [0.4, 0.5) is 11.5 Å². The second kappa shape index (κ2) is 5.16. The maximum absolute atomic E-state index is 10.3. The minimum Gasteiger partial charge on any atom is -0.368 e. The summed E-state index contributed by atoms with van der Waals surface area (Å²) in [7, 11) is 0. The lowest BCUT2D eigenvalue weighted by Crippen LogP contribution is -2.08. The molecule has 1 amide bonds. The lowest BCUT2D eigenvalue weighted by atomic mass is 10.4. The predicted octanol–water partition coefficient (Wildman–Crippen LogP) is 1.18. The van der Waals surface area contributed by atoms with Gasteiger partial charge in [-0.3, -0.25) is 4.79 Å². The number of carbonyl (C=O) groups is 1. The van der Waals surface area contributed by atoms with Crippen LogP contribution in [0.5, 0.6) is 0 Å². The summed E-state index contributed by atoms with van der Waals surface area (Å²) in [4.78, 5) is 18.5. The summed E-state index contributed by atoms with van der Waals surface area (Å²) < 4.78 is 0. The van der Waals surface area contributed by atoms with E-state index in [1.807, 2.05) is 6.92 Å². The van der Waals surface area contributed by atoms with E-state index in [2.05, 4.69) is 27.5 Å². The molecule has 2 N–H and O–H groups in total. The summed E-state index contributed by atoms with van der Waals surface area (Å²) in [6, 6.07) is 0. The number of carbonyl (C=O) groups excluding carboxylic acids is 1. The highest BCUT2D eigenvalue weighted by Gasteiger charge is 2.03. The molecule has 0 unspecified atom stereocenters. The Labute approximate surface area is 83.0 Å². The fourth-order valence-electron chi connectivity index (χ4n) is 1.02. The van der Waals surface area contributed by atoms with Gasteiger partial charge in [0.15, 0.2) is 5.82 Å². The Kier molecular flexibility index (Phi) is 3.84. The highest BCUT2D eigenvalue weighted by Crippen LogP contribution is 2.16. The van der Waals surface area contributed by atoms with Gasteiger partial charge in [0.2, 0.25) is 6.41 Å². The molecule has 76 valence electrons. The fraction of sp³-hybridized carbons (Fsp3) is 0.444. The van der Waals surface area contributed by atoms with Gasteiger partial charge in [0.05, 0.1) is 6.20 Å². The van der Waals surface area contributed by atoms with Gasteiger partial charge in [-0.05, 0) is 13.3 Å². The average molecular weight is 194 g/mol. The van der Waals surface area contributed by atoms with Crippen molar-refractivity contribution in [2.75, 3.05) is 17.2 Å². The number of hydrogen-bond acceptors (Lipinski definition) is 4. The number of amides is 1. The first kappa shape index (κ1) is 10.4. The monoisotopic (exact) mass is 194 g/mol. The molecule has 1 rings (SSSR count). The average Bonchev–Trinajstić information content (AvgIpc) is 2.18. The van der Waals surface area contributed by atoms with E-state index in [9.17, 15) is 4.79 Å². The van der Waals surface area contributed by atoms with E-state index in [1.165, 1.54) is 0 Å². The topological polar surface area (TPSA) is 66.9 Å². The molecule has 5 heteroatoms. The number of rotatable bonds is 5. The van der Waals surface area contributed by atoms with Crippen LogP contribution < -0.4 is 10.6 Å². The lowest BCUT2D eigenvalue weighted by Gasteiger charge is -2.08. The van der Waals surface area contributed by atoms with Gasteiger partial charge in [-0.1, -0.05) is 6.92 Å². The van der Waals surface area contributed by atoms with Crippen molar-refractivity contribution in [1.29, 1.82) is 0 Å². The molecular weight excluding hydrogens is 180 g/mol. The molecule has 0 spiro atoms. The van der Waals surface area contributed by atoms with E-state index in [-0.39, 0.29) is 0 Å². The summed E-state index contributed by atoms with van der Waals surface area (Å²) >= 11 is 0. The molecule has 1 heterocycles. The highest BCUT2D eigenvalue weighted by atomic mass is 16.1. The van der Waals surface area contributed by atoms with Crippen LogP contribution in [-0.4, -0.2) is 22.9 Å². The van der Waals surface area contributed by atoms with E-state index >= 15 is 0 Å². The van der Waals surface area contributed by atoms with E-state index in [4.69, 9.17) is 0 Å². The van der Waals surface area contributed by atoms with Gasteiger partial charge in [-0.15, -0.1) is 0 Å². The van der Waals surface area contributed by atoms with E-state index in [0.29, 0.717) is 23.7 Å². The molecule has 0 aliphatic carbocycles. The molecule has 0 radical (unpaired) electrons. The summed E-state index contributed by atoms with van der Waals surface area (Å²) in [5.41, 5.74) is 0.610. The molecule has 0 aliphatic heterocycles. The van der Waals surface area contributed by atoms with Crippen LogP contribution in [0.15, 0.2) is 6.20 Å². The quantitative estimate of drug-likeness (QED) is 0.690. The molecule has 14 heavy (non-hydrogen) atoms. The zero-order valence-electron chi connectivity index (χ0n) is 8.37. The second-order valence-corrected chi connectivity index (χ2v) is 2.87. The van der Waals surface area contributed by atoms with Gasteiger partial charge in [-0.25, -0.2) is 9.97 Å². The third-order valence-corrected chi connectivity index (χ3v) is 1.67. The van der Waals surface area contributed by atoms with Crippen LogP contribution in [0.1, 0.15) is 19.2 Å². The van der Waals surface area contributed by atoms with Crippen LogP contribution in [0.3, 0.4) is 0 Å². The standard InChI is InChI=1S/C9H14N4O/c1-3-4-10-9-8(12-6-14)5-11-7(2)13-9/h5-6H,3-4H2,1-2H3,(H,12,14)(H,10,11,13). The maximum atomic E-state index is 10.3. The van der Waals surface area contributed by atoms with Crippen molar-refractivity contribution in [2.24, 2.45) is 0 Å². The van der Waals surface area contributed by atoms with Gasteiger partial charge in [-0.2, -0.15) is 0 Å². The third-order valence-electron chi connectivity index (χ3n) is 1.67. The SMILES string of the molecule is CCCNc1nc(C)ncc1NC=O. The number of aryl methyl sites for hydroxylation is 1. The molecule has 1 aromatic rings. The number of aromatic nitrogens is 2. The Morgan fingerprint density at radius 2 is 2.36 bits per heavy atom. The summed E-state index contributed by atoms with van der Waals surface area (Å²) in [6.45, 7) is 4.69. The molecule has 1 aromatic heterocycles. The Morgan fingerprint density at radius 1 is 1.57 bits per heavy atom. The molecular formula is C9H14N4O. The molecule has 0 fully saturated rings.